The third kappa shape index (κ3) is 3.36. The highest BCUT2D eigenvalue weighted by Crippen LogP contribution is 2.21. The summed E-state index contributed by atoms with van der Waals surface area (Å²) in [6, 6.07) is -2.06. The molecule has 110 valence electrons. The van der Waals surface area contributed by atoms with Gasteiger partial charge in [0.2, 0.25) is 0 Å². The van der Waals surface area contributed by atoms with Gasteiger partial charge < -0.3 is 30.5 Å². The summed E-state index contributed by atoms with van der Waals surface area (Å²) < 4.78 is 5.14. The molecule has 1 saturated heterocycles. The van der Waals surface area contributed by atoms with Gasteiger partial charge >= 0.3 is 6.03 Å². The Bertz CT molecular complexity index is 327. The van der Waals surface area contributed by atoms with Crippen molar-refractivity contribution < 1.29 is 30.0 Å². The maximum atomic E-state index is 11.4. The van der Waals surface area contributed by atoms with Crippen LogP contribution in [0, 0.1) is 4.91 Å². The number of aliphatic hydroxyl groups is 4. The van der Waals surface area contributed by atoms with Gasteiger partial charge in [-0.3, -0.25) is 0 Å². The molecule has 1 fully saturated rings. The predicted octanol–water partition coefficient (Wildman–Crippen LogP) is -2.85. The maximum absolute atomic E-state index is 11.4. The molecule has 0 bridgehead atoms. The van der Waals surface area contributed by atoms with Gasteiger partial charge in [0.1, 0.15) is 24.4 Å². The highest BCUT2D eigenvalue weighted by Gasteiger charge is 2.44. The van der Waals surface area contributed by atoms with E-state index in [-0.39, 0.29) is 0 Å². The van der Waals surface area contributed by atoms with Gasteiger partial charge in [-0.2, -0.15) is 5.01 Å². The van der Waals surface area contributed by atoms with Crippen molar-refractivity contribution in [3.05, 3.63) is 4.91 Å². The Kier molecular flexibility index (Phi) is 5.57. The number of nitrogens with zero attached hydrogens (tertiary/aromatic N) is 2. The van der Waals surface area contributed by atoms with E-state index < -0.39 is 49.7 Å². The largest absolute Gasteiger partial charge is 0.394 e. The van der Waals surface area contributed by atoms with Crippen LogP contribution in [0.3, 0.4) is 0 Å². The number of nitrogens with one attached hydrogen (secondary N) is 1. The summed E-state index contributed by atoms with van der Waals surface area (Å²) in [6.07, 6.45) is -5.00. The number of ether oxygens (including phenoxy) is 1. The summed E-state index contributed by atoms with van der Waals surface area (Å²) in [5.74, 6) is 0. The number of hydrogen-bond acceptors (Lipinski definition) is 8. The van der Waals surface area contributed by atoms with Crippen LogP contribution in [0.1, 0.15) is 0 Å². The molecule has 1 unspecified atom stereocenters. The summed E-state index contributed by atoms with van der Waals surface area (Å²) >= 11 is 0. The first kappa shape index (κ1) is 15.7. The van der Waals surface area contributed by atoms with Crippen molar-refractivity contribution in [1.82, 2.24) is 10.3 Å². The minimum atomic E-state index is -1.47. The van der Waals surface area contributed by atoms with Gasteiger partial charge in [-0.1, -0.05) is 0 Å². The van der Waals surface area contributed by atoms with Crippen molar-refractivity contribution in [3.63, 3.8) is 0 Å². The lowest BCUT2D eigenvalue weighted by atomic mass is 9.93. The predicted molar refractivity (Wildman–Crippen MR) is 60.7 cm³/mol. The van der Waals surface area contributed by atoms with Gasteiger partial charge in [-0.15, -0.1) is 4.91 Å². The number of hydrogen-bond donors (Lipinski definition) is 5. The van der Waals surface area contributed by atoms with Crippen LogP contribution in [0.15, 0.2) is 5.29 Å². The zero-order valence-corrected chi connectivity index (χ0v) is 10.2. The van der Waals surface area contributed by atoms with Crippen molar-refractivity contribution >= 4 is 6.03 Å². The Morgan fingerprint density at radius 3 is 2.32 bits per heavy atom. The standard InChI is InChI=1S/C9H17N3O7/c1-12(11-18)9(17)10-6-4(2-13)19-5(3-14)7(15)8(6)16/h4-8,13-16H,2-3H2,1H3,(H,10,17)/t4?,5-,6+,7-,8-/m1/s1. The molecule has 10 heteroatoms. The Hall–Kier alpha value is -1.33. The van der Waals surface area contributed by atoms with Crippen molar-refractivity contribution in [3.8, 4) is 0 Å². The monoisotopic (exact) mass is 279 g/mol. The number of carbonyl (C=O) groups is 1. The Morgan fingerprint density at radius 1 is 1.26 bits per heavy atom. The highest BCUT2D eigenvalue weighted by atomic mass is 16.5. The van der Waals surface area contributed by atoms with E-state index in [4.69, 9.17) is 14.9 Å². The second-order valence-corrected chi connectivity index (χ2v) is 4.14. The Balaban J connectivity index is 2.79. The van der Waals surface area contributed by atoms with Crippen LogP contribution in [0.25, 0.3) is 0 Å². The molecule has 1 aliphatic rings. The van der Waals surface area contributed by atoms with Gasteiger partial charge in [-0.05, 0) is 0 Å². The van der Waals surface area contributed by atoms with Crippen molar-refractivity contribution in [2.75, 3.05) is 20.3 Å². The Labute approximate surface area is 108 Å². The minimum Gasteiger partial charge on any atom is -0.394 e. The third-order valence-electron chi connectivity index (χ3n) is 2.92. The average molecular weight is 279 g/mol. The molecule has 0 aliphatic carbocycles. The molecule has 0 radical (unpaired) electrons. The molecule has 1 heterocycles. The third-order valence-corrected chi connectivity index (χ3v) is 2.92. The van der Waals surface area contributed by atoms with Gasteiger partial charge in [0.25, 0.3) is 0 Å². The lowest BCUT2D eigenvalue weighted by Crippen LogP contribution is -2.65. The summed E-state index contributed by atoms with van der Waals surface area (Å²) in [5.41, 5.74) is 0. The second-order valence-electron chi connectivity index (χ2n) is 4.14. The maximum Gasteiger partial charge on any atom is 0.340 e. The molecular weight excluding hydrogens is 262 g/mol. The fraction of sp³-hybridized carbons (Fsp3) is 0.889. The second kappa shape index (κ2) is 6.73. The molecule has 1 rings (SSSR count). The molecule has 0 spiro atoms. The molecule has 2 amide bonds. The van der Waals surface area contributed by atoms with Crippen molar-refractivity contribution in [1.29, 1.82) is 0 Å². The summed E-state index contributed by atoms with van der Waals surface area (Å²) in [4.78, 5) is 21.6. The number of aliphatic hydroxyl groups excluding tert-OH is 4. The van der Waals surface area contributed by atoms with Gasteiger partial charge in [-0.25, -0.2) is 4.79 Å². The van der Waals surface area contributed by atoms with E-state index in [1.165, 1.54) is 0 Å². The van der Waals surface area contributed by atoms with Gasteiger partial charge in [0, 0.05) is 7.05 Å². The van der Waals surface area contributed by atoms with Gasteiger partial charge in [0.15, 0.2) is 0 Å². The molecule has 0 aromatic carbocycles. The zero-order chi connectivity index (χ0) is 14.6. The molecule has 0 aromatic heterocycles. The molecule has 0 aromatic rings. The van der Waals surface area contributed by atoms with E-state index >= 15 is 0 Å². The Morgan fingerprint density at radius 2 is 1.84 bits per heavy atom. The number of urea groups is 1. The lowest BCUT2D eigenvalue weighted by Gasteiger charge is -2.42. The quantitative estimate of drug-likeness (QED) is 0.274. The highest BCUT2D eigenvalue weighted by molar-refractivity contribution is 5.73. The van der Waals surface area contributed by atoms with E-state index in [2.05, 4.69) is 10.6 Å². The lowest BCUT2D eigenvalue weighted by molar-refractivity contribution is -0.200. The van der Waals surface area contributed by atoms with E-state index in [1.54, 1.807) is 0 Å². The SMILES string of the molecule is CN(N=O)C(=O)N[C@H]1C(CO)O[C@H](CO)[C@@H](O)[C@@H]1O. The van der Waals surface area contributed by atoms with Gasteiger partial charge in [0.05, 0.1) is 24.5 Å². The summed E-state index contributed by atoms with van der Waals surface area (Å²) in [5, 5.41) is 42.6. The smallest absolute Gasteiger partial charge is 0.340 e. The molecule has 5 N–H and O–H groups in total. The van der Waals surface area contributed by atoms with Crippen LogP contribution in [0.2, 0.25) is 0 Å². The first-order chi connectivity index (χ1) is 8.96. The fourth-order valence-electron chi connectivity index (χ4n) is 1.80. The van der Waals surface area contributed by atoms with Crippen LogP contribution >= 0.6 is 0 Å². The van der Waals surface area contributed by atoms with Crippen LogP contribution in [0.4, 0.5) is 4.79 Å². The van der Waals surface area contributed by atoms with Crippen LogP contribution in [0.5, 0.6) is 0 Å². The molecule has 0 saturated carbocycles. The van der Waals surface area contributed by atoms with Crippen LogP contribution in [-0.2, 0) is 4.74 Å². The molecule has 5 atom stereocenters. The first-order valence-electron chi connectivity index (χ1n) is 5.57. The summed E-state index contributed by atoms with van der Waals surface area (Å²) in [7, 11) is 1.10. The van der Waals surface area contributed by atoms with E-state index in [0.717, 1.165) is 7.05 Å². The molecule has 10 nitrogen and oxygen atoms in total. The van der Waals surface area contributed by atoms with Crippen LogP contribution in [-0.4, -0.2) is 82.2 Å². The zero-order valence-electron chi connectivity index (χ0n) is 10.2. The fourth-order valence-corrected chi connectivity index (χ4v) is 1.80. The minimum absolute atomic E-state index is 0.450. The molecule has 19 heavy (non-hydrogen) atoms. The number of amides is 2. The van der Waals surface area contributed by atoms with E-state index in [0.29, 0.717) is 5.01 Å². The first-order valence-corrected chi connectivity index (χ1v) is 5.57. The number of rotatable bonds is 4. The average Bonchev–Trinajstić information content (AvgIpc) is 2.43. The summed E-state index contributed by atoms with van der Waals surface area (Å²) in [6.45, 7) is -1.10. The topological polar surface area (TPSA) is 152 Å². The normalized spacial score (nSPS) is 34.7. The molecular formula is C9H17N3O7. The van der Waals surface area contributed by atoms with E-state index in [1.807, 2.05) is 0 Å². The van der Waals surface area contributed by atoms with Crippen molar-refractivity contribution in [2.45, 2.75) is 30.5 Å². The van der Waals surface area contributed by atoms with Crippen LogP contribution < -0.4 is 5.32 Å². The van der Waals surface area contributed by atoms with E-state index in [9.17, 15) is 19.9 Å². The number of carbonyl (C=O) groups excluding carboxylic acids is 1. The molecule has 1 aliphatic heterocycles. The number of nitroso groups, excluding NO2 is 1. The van der Waals surface area contributed by atoms with Crippen molar-refractivity contribution in [2.24, 2.45) is 5.29 Å².